The Morgan fingerprint density at radius 1 is 0.926 bits per heavy atom. The molecule has 0 aliphatic carbocycles. The summed E-state index contributed by atoms with van der Waals surface area (Å²) in [7, 11) is -1.78. The van der Waals surface area contributed by atoms with Crippen LogP contribution in [0.4, 0.5) is 0 Å². The molecule has 12 heteroatoms. The van der Waals surface area contributed by atoms with Crippen molar-refractivity contribution in [2.45, 2.75) is 77.6 Å². The average Bonchev–Trinajstić information content (AvgIpc) is 3.47. The van der Waals surface area contributed by atoms with Crippen LogP contribution in [0.2, 0.25) is 5.04 Å². The molecular weight excluding hydrogens is 785 g/mol. The lowest BCUT2D eigenvalue weighted by Gasteiger charge is -2.43. The highest BCUT2D eigenvalue weighted by Crippen LogP contribution is 2.39. The van der Waals surface area contributed by atoms with E-state index in [1.54, 1.807) is 25.5 Å². The van der Waals surface area contributed by atoms with E-state index in [0.29, 0.717) is 47.3 Å². The smallest absolute Gasteiger partial charge is 0.333 e. The Morgan fingerprint density at radius 3 is 2.07 bits per heavy atom. The summed E-state index contributed by atoms with van der Waals surface area (Å²) in [4.78, 5) is 45.1. The van der Waals surface area contributed by atoms with Gasteiger partial charge in [-0.2, -0.15) is 0 Å². The fourth-order valence-corrected chi connectivity index (χ4v) is 13.6. The summed E-state index contributed by atoms with van der Waals surface area (Å²) in [5, 5.41) is 1.66. The molecule has 1 saturated heterocycles. The van der Waals surface area contributed by atoms with Gasteiger partial charge >= 0.3 is 20.0 Å². The first-order valence-corrected chi connectivity index (χ1v) is 21.9. The maximum absolute atomic E-state index is 15.0. The van der Waals surface area contributed by atoms with Gasteiger partial charge in [0.05, 0.1) is 29.4 Å². The summed E-state index contributed by atoms with van der Waals surface area (Å²) in [5.41, 5.74) is -1.41. The van der Waals surface area contributed by atoms with E-state index in [4.69, 9.17) is 18.6 Å². The van der Waals surface area contributed by atoms with Gasteiger partial charge in [0, 0.05) is 18.8 Å². The van der Waals surface area contributed by atoms with Crippen molar-refractivity contribution >= 4 is 62.1 Å². The van der Waals surface area contributed by atoms with Crippen LogP contribution in [0, 0.1) is 12.8 Å². The molecule has 54 heavy (non-hydrogen) atoms. The number of halogens is 1. The maximum Gasteiger partial charge on any atom is 0.333 e. The molecule has 2 aromatic heterocycles. The van der Waals surface area contributed by atoms with E-state index in [2.05, 4.69) is 36.7 Å². The lowest BCUT2D eigenvalue weighted by Crippen LogP contribution is -2.69. The number of para-hydroxylation sites is 1. The Hall–Kier alpha value is -3.81. The molecule has 1 aliphatic heterocycles. The zero-order valence-corrected chi connectivity index (χ0v) is 35.4. The minimum absolute atomic E-state index is 0.0748. The molecule has 0 radical (unpaired) electrons. The Bertz CT molecular complexity index is 2180. The Labute approximate surface area is 330 Å². The van der Waals surface area contributed by atoms with Crippen molar-refractivity contribution in [1.29, 1.82) is 0 Å². The van der Waals surface area contributed by atoms with Crippen molar-refractivity contribution in [3.63, 3.8) is 0 Å². The van der Waals surface area contributed by atoms with Gasteiger partial charge in [-0.3, -0.25) is 14.2 Å². The monoisotopic (exact) mass is 832 g/mol. The third-order valence-electron chi connectivity index (χ3n) is 10.6. The molecular formula is C42H49BrN2O7SSi. The number of benzene rings is 3. The number of hydrogen-bond acceptors (Lipinski definition) is 8. The second-order valence-corrected chi connectivity index (χ2v) is 22.0. The number of rotatable bonds is 12. The summed E-state index contributed by atoms with van der Waals surface area (Å²) in [6.07, 6.45) is 1.16. The van der Waals surface area contributed by atoms with Gasteiger partial charge in [-0.25, -0.2) is 9.36 Å². The first-order valence-electron chi connectivity index (χ1n) is 18.3. The van der Waals surface area contributed by atoms with Crippen LogP contribution in [-0.2, 0) is 30.8 Å². The lowest BCUT2D eigenvalue weighted by atomic mass is 10.0. The van der Waals surface area contributed by atoms with Gasteiger partial charge in [-0.15, -0.1) is 11.3 Å². The second kappa shape index (κ2) is 16.1. The molecule has 0 spiro atoms. The molecule has 5 aromatic rings. The number of aromatic nitrogens is 2. The van der Waals surface area contributed by atoms with Crippen LogP contribution in [0.15, 0.2) is 98.3 Å². The molecule has 0 N–H and O–H groups in total. The first kappa shape index (κ1) is 39.9. The molecule has 3 aromatic carbocycles. The van der Waals surface area contributed by atoms with Gasteiger partial charge in [-0.1, -0.05) is 99.6 Å². The molecule has 0 amide bonds. The number of methoxy groups -OCH3 is 1. The fraction of sp³-hybridized carbons (Fsp3) is 0.405. The largest absolute Gasteiger partial charge is 0.508 e. The molecule has 3 heterocycles. The van der Waals surface area contributed by atoms with Gasteiger partial charge in [0.15, 0.2) is 0 Å². The van der Waals surface area contributed by atoms with Gasteiger partial charge in [0.1, 0.15) is 22.2 Å². The van der Waals surface area contributed by atoms with Crippen LogP contribution < -0.4 is 26.4 Å². The van der Waals surface area contributed by atoms with E-state index >= 15 is 4.79 Å². The fourth-order valence-electron chi connectivity index (χ4n) is 7.48. The summed E-state index contributed by atoms with van der Waals surface area (Å²) in [6.45, 7) is 13.2. The molecule has 9 nitrogen and oxygen atoms in total. The van der Waals surface area contributed by atoms with Crippen LogP contribution in [0.25, 0.3) is 10.2 Å². The van der Waals surface area contributed by atoms with E-state index in [-0.39, 0.29) is 6.54 Å². The minimum atomic E-state index is -3.39. The van der Waals surface area contributed by atoms with Crippen LogP contribution >= 0.6 is 27.3 Å². The van der Waals surface area contributed by atoms with Gasteiger partial charge < -0.3 is 18.6 Å². The molecule has 0 bridgehead atoms. The SMILES string of the molecule is COc1ccccc1[C@H](Cn1c(=O)n(C(C)(C)C(=O)O[Si](c2ccccc2)(c2ccccc2)C(C)(C)C)c(=O)c2c(C)c(Br)sc21)OCC1CCOCC1. The highest BCUT2D eigenvalue weighted by atomic mass is 79.9. The lowest BCUT2D eigenvalue weighted by molar-refractivity contribution is -0.144. The van der Waals surface area contributed by atoms with Crippen LogP contribution in [0.5, 0.6) is 5.75 Å². The summed E-state index contributed by atoms with van der Waals surface area (Å²) in [5.74, 6) is 0.269. The minimum Gasteiger partial charge on any atom is -0.508 e. The maximum atomic E-state index is 15.0. The van der Waals surface area contributed by atoms with E-state index in [9.17, 15) is 9.59 Å². The quantitative estimate of drug-likeness (QED) is 0.122. The van der Waals surface area contributed by atoms with Crippen LogP contribution in [0.1, 0.15) is 64.7 Å². The summed E-state index contributed by atoms with van der Waals surface area (Å²) < 4.78 is 28.3. The number of hydrogen-bond donors (Lipinski definition) is 0. The third kappa shape index (κ3) is 7.43. The van der Waals surface area contributed by atoms with Gasteiger partial charge in [-0.05, 0) is 82.5 Å². The highest BCUT2D eigenvalue weighted by Gasteiger charge is 2.55. The Balaban J connectivity index is 1.51. The Morgan fingerprint density at radius 2 is 1.50 bits per heavy atom. The first-order chi connectivity index (χ1) is 25.7. The van der Waals surface area contributed by atoms with E-state index in [0.717, 1.165) is 37.1 Å². The van der Waals surface area contributed by atoms with E-state index in [1.807, 2.05) is 91.9 Å². The highest BCUT2D eigenvalue weighted by molar-refractivity contribution is 9.11. The van der Waals surface area contributed by atoms with Crippen molar-refractivity contribution in [1.82, 2.24) is 9.13 Å². The topological polar surface area (TPSA) is 98.0 Å². The number of ether oxygens (including phenoxy) is 3. The van der Waals surface area contributed by atoms with Gasteiger partial charge in [0.2, 0.25) is 0 Å². The molecule has 1 fully saturated rings. The zero-order chi connectivity index (χ0) is 38.8. The second-order valence-electron chi connectivity index (χ2n) is 15.4. The molecule has 6 rings (SSSR count). The van der Waals surface area contributed by atoms with E-state index in [1.165, 1.54) is 11.3 Å². The number of carbonyl (C=O) groups excluding carboxylic acids is 1. The standard InChI is InChI=1S/C42H49BrN2O7SSi/c1-28-35-37(46)45(42(5,6)39(47)52-54(41(2,3)4,30-16-10-8-11-17-30)31-18-12-9-13-19-31)40(48)44(38(35)53-36(28)43)26-34(32-20-14-15-21-33(32)49-7)51-27-29-22-24-50-25-23-29/h8-21,29,34H,22-27H2,1-7H3/t34-/m0/s1. The molecule has 0 unspecified atom stereocenters. The Kier molecular flexibility index (Phi) is 11.9. The number of thiophene rings is 1. The number of fused-ring (bicyclic) bond motifs is 1. The van der Waals surface area contributed by atoms with Crippen molar-refractivity contribution in [2.75, 3.05) is 26.9 Å². The number of carbonyl (C=O) groups is 1. The number of aryl methyl sites for hydroxylation is 1. The third-order valence-corrected chi connectivity index (χ3v) is 17.7. The van der Waals surface area contributed by atoms with Crippen molar-refractivity contribution in [2.24, 2.45) is 5.92 Å². The normalized spacial score (nSPS) is 15.0. The molecule has 1 atom stereocenters. The van der Waals surface area contributed by atoms with Crippen molar-refractivity contribution < 1.29 is 23.4 Å². The predicted molar refractivity (Wildman–Crippen MR) is 221 cm³/mol. The summed E-state index contributed by atoms with van der Waals surface area (Å²) >= 11 is 4.96. The van der Waals surface area contributed by atoms with Crippen LogP contribution in [-0.4, -0.2) is 50.4 Å². The van der Waals surface area contributed by atoms with Crippen molar-refractivity contribution in [3.05, 3.63) is 121 Å². The molecule has 0 saturated carbocycles. The average molecular weight is 834 g/mol. The van der Waals surface area contributed by atoms with Crippen LogP contribution in [0.3, 0.4) is 0 Å². The van der Waals surface area contributed by atoms with E-state index < -0.39 is 42.2 Å². The van der Waals surface area contributed by atoms with Gasteiger partial charge in [0.25, 0.3) is 5.56 Å². The molecule has 286 valence electrons. The zero-order valence-electron chi connectivity index (χ0n) is 32.0. The molecule has 1 aliphatic rings. The van der Waals surface area contributed by atoms with Crippen molar-refractivity contribution in [3.8, 4) is 5.75 Å². The number of nitrogens with zero attached hydrogens (tertiary/aromatic N) is 2. The summed E-state index contributed by atoms with van der Waals surface area (Å²) in [6, 6.07) is 27.3. The predicted octanol–water partition coefficient (Wildman–Crippen LogP) is 7.33.